The molecule has 0 aromatic carbocycles. The second kappa shape index (κ2) is 2.01. The fourth-order valence-corrected chi connectivity index (χ4v) is 2.80. The van der Waals surface area contributed by atoms with Crippen molar-refractivity contribution in [3.05, 3.63) is 10.7 Å². The maximum absolute atomic E-state index is 3.72. The Kier molecular flexibility index (Phi) is 1.57. The van der Waals surface area contributed by atoms with E-state index in [0.717, 1.165) is 0 Å². The van der Waals surface area contributed by atoms with Gasteiger partial charge in [-0.25, -0.2) is 0 Å². The van der Waals surface area contributed by atoms with Crippen LogP contribution in [-0.4, -0.2) is 21.1 Å². The zero-order valence-corrected chi connectivity index (χ0v) is 6.63. The number of rotatable bonds is 2. The molecular formula is C5H8Sn. The Morgan fingerprint density at radius 3 is 2.50 bits per heavy atom. The SMILES string of the molecule is C=[CH][Sn][CH]1CC1. The van der Waals surface area contributed by atoms with Gasteiger partial charge in [-0.3, -0.25) is 0 Å². The average Bonchev–Trinajstić information content (AvgIpc) is 2.21. The zero-order valence-electron chi connectivity index (χ0n) is 3.78. The van der Waals surface area contributed by atoms with E-state index in [2.05, 4.69) is 10.7 Å². The van der Waals surface area contributed by atoms with E-state index < -0.39 is 0 Å². The molecule has 0 heterocycles. The normalized spacial score (nSPS) is 20.7. The van der Waals surface area contributed by atoms with Crippen molar-refractivity contribution in [3.8, 4) is 0 Å². The number of hydrogen-bond acceptors (Lipinski definition) is 0. The van der Waals surface area contributed by atoms with E-state index in [1.165, 1.54) is 16.8 Å². The molecule has 1 aliphatic rings. The molecule has 0 bridgehead atoms. The monoisotopic (exact) mass is 188 g/mol. The Labute approximate surface area is 48.8 Å². The molecule has 0 spiro atoms. The molecule has 1 saturated carbocycles. The summed E-state index contributed by atoms with van der Waals surface area (Å²) in [4.78, 5) is 0. The molecule has 6 heavy (non-hydrogen) atoms. The fraction of sp³-hybridized carbons (Fsp3) is 0.600. The van der Waals surface area contributed by atoms with Gasteiger partial charge in [0, 0.05) is 0 Å². The van der Waals surface area contributed by atoms with Crippen LogP contribution in [0.3, 0.4) is 0 Å². The molecule has 0 saturated heterocycles. The first-order chi connectivity index (χ1) is 2.93. The molecule has 0 nitrogen and oxygen atoms in total. The van der Waals surface area contributed by atoms with Gasteiger partial charge < -0.3 is 0 Å². The van der Waals surface area contributed by atoms with Crippen molar-refractivity contribution in [3.63, 3.8) is 0 Å². The molecule has 1 aliphatic carbocycles. The predicted octanol–water partition coefficient (Wildman–Crippen LogP) is 1.42. The standard InChI is InChI=1S/C3H5.C2H3.Sn/c1-2-3-1;1-2;/h1H,2-3H2;1H,2H2;. The summed E-state index contributed by atoms with van der Waals surface area (Å²) in [5, 5.41) is 0. The van der Waals surface area contributed by atoms with E-state index in [1.54, 1.807) is 0 Å². The summed E-state index contributed by atoms with van der Waals surface area (Å²) in [6.45, 7) is 3.72. The summed E-state index contributed by atoms with van der Waals surface area (Å²) < 4.78 is 3.38. The Bertz CT molecular complexity index is 55.0. The van der Waals surface area contributed by atoms with Crippen LogP contribution in [-0.2, 0) is 0 Å². The van der Waals surface area contributed by atoms with Crippen LogP contribution in [0.4, 0.5) is 0 Å². The van der Waals surface area contributed by atoms with Crippen molar-refractivity contribution in [2.24, 2.45) is 0 Å². The predicted molar refractivity (Wildman–Crippen MR) is 28.9 cm³/mol. The Hall–Kier alpha value is 0.539. The van der Waals surface area contributed by atoms with Crippen molar-refractivity contribution in [1.82, 2.24) is 0 Å². The summed E-state index contributed by atoms with van der Waals surface area (Å²) in [6, 6.07) is 0. The van der Waals surface area contributed by atoms with Crippen molar-refractivity contribution in [2.45, 2.75) is 16.8 Å². The third-order valence-electron chi connectivity index (χ3n) is 0.931. The summed E-state index contributed by atoms with van der Waals surface area (Å²) in [7, 11) is 0. The fourth-order valence-electron chi connectivity index (χ4n) is 0.417. The van der Waals surface area contributed by atoms with Crippen molar-refractivity contribution >= 4 is 21.1 Å². The average molecular weight is 187 g/mol. The molecule has 1 heteroatoms. The minimum absolute atomic E-state index is 0.00333. The van der Waals surface area contributed by atoms with Crippen molar-refractivity contribution in [2.75, 3.05) is 0 Å². The maximum atomic E-state index is 3.72. The van der Waals surface area contributed by atoms with Crippen LogP contribution in [0.2, 0.25) is 3.93 Å². The molecule has 0 amide bonds. The summed E-state index contributed by atoms with van der Waals surface area (Å²) >= 11 is 0.00333. The minimum atomic E-state index is 0.00333. The molecule has 32 valence electrons. The second-order valence-electron chi connectivity index (χ2n) is 1.65. The van der Waals surface area contributed by atoms with Crippen LogP contribution in [0.1, 0.15) is 12.8 Å². The van der Waals surface area contributed by atoms with E-state index in [-0.39, 0.29) is 21.1 Å². The van der Waals surface area contributed by atoms with Gasteiger partial charge in [0.1, 0.15) is 0 Å². The summed E-state index contributed by atoms with van der Waals surface area (Å²) in [5.74, 6) is 0. The third kappa shape index (κ3) is 1.33. The van der Waals surface area contributed by atoms with Crippen LogP contribution in [0.15, 0.2) is 10.7 Å². The third-order valence-corrected chi connectivity index (χ3v) is 4.60. The van der Waals surface area contributed by atoms with Gasteiger partial charge >= 0.3 is 48.6 Å². The molecule has 2 radical (unpaired) electrons. The van der Waals surface area contributed by atoms with Gasteiger partial charge in [0.05, 0.1) is 0 Å². The van der Waals surface area contributed by atoms with Gasteiger partial charge in [-0.15, -0.1) is 0 Å². The van der Waals surface area contributed by atoms with Crippen LogP contribution in [0, 0.1) is 0 Å². The van der Waals surface area contributed by atoms with Gasteiger partial charge in [-0.05, 0) is 0 Å². The molecular weight excluding hydrogens is 179 g/mol. The molecule has 0 atom stereocenters. The van der Waals surface area contributed by atoms with Gasteiger partial charge in [-0.1, -0.05) is 0 Å². The van der Waals surface area contributed by atoms with Crippen LogP contribution >= 0.6 is 0 Å². The quantitative estimate of drug-likeness (QED) is 0.573. The van der Waals surface area contributed by atoms with Gasteiger partial charge in [-0.2, -0.15) is 0 Å². The molecule has 1 fully saturated rings. The first-order valence-corrected chi connectivity index (χ1v) is 5.60. The van der Waals surface area contributed by atoms with E-state index in [4.69, 9.17) is 0 Å². The van der Waals surface area contributed by atoms with E-state index in [0.29, 0.717) is 0 Å². The van der Waals surface area contributed by atoms with Crippen LogP contribution < -0.4 is 0 Å². The first kappa shape index (κ1) is 4.69. The van der Waals surface area contributed by atoms with Crippen molar-refractivity contribution < 1.29 is 0 Å². The first-order valence-electron chi connectivity index (χ1n) is 2.30. The topological polar surface area (TPSA) is 0 Å². The Morgan fingerprint density at radius 2 is 2.33 bits per heavy atom. The van der Waals surface area contributed by atoms with E-state index in [9.17, 15) is 0 Å². The zero-order chi connectivity index (χ0) is 4.41. The molecule has 0 aromatic heterocycles. The van der Waals surface area contributed by atoms with E-state index in [1.807, 2.05) is 0 Å². The summed E-state index contributed by atoms with van der Waals surface area (Å²) in [6.07, 6.45) is 3.05. The van der Waals surface area contributed by atoms with Gasteiger partial charge in [0.25, 0.3) is 0 Å². The van der Waals surface area contributed by atoms with E-state index >= 15 is 0 Å². The molecule has 0 N–H and O–H groups in total. The second-order valence-corrected chi connectivity index (χ2v) is 6.09. The van der Waals surface area contributed by atoms with Crippen LogP contribution in [0.25, 0.3) is 0 Å². The van der Waals surface area contributed by atoms with Crippen molar-refractivity contribution in [1.29, 1.82) is 0 Å². The van der Waals surface area contributed by atoms with Crippen LogP contribution in [0.5, 0.6) is 0 Å². The molecule has 1 rings (SSSR count). The molecule has 0 unspecified atom stereocenters. The Balaban J connectivity index is 2.00. The Morgan fingerprint density at radius 1 is 1.67 bits per heavy atom. The van der Waals surface area contributed by atoms with Gasteiger partial charge in [0.2, 0.25) is 0 Å². The molecule has 0 aliphatic heterocycles. The summed E-state index contributed by atoms with van der Waals surface area (Å²) in [5.41, 5.74) is 0. The van der Waals surface area contributed by atoms with Gasteiger partial charge in [0.15, 0.2) is 0 Å². The number of hydrogen-bond donors (Lipinski definition) is 0. The molecule has 0 aromatic rings.